The molecular weight excluding hydrogens is 196 g/mol. The van der Waals surface area contributed by atoms with Gasteiger partial charge in [0.25, 0.3) is 0 Å². The van der Waals surface area contributed by atoms with E-state index in [4.69, 9.17) is 4.74 Å². The van der Waals surface area contributed by atoms with E-state index in [2.05, 4.69) is 39.0 Å². The third-order valence-electron chi connectivity index (χ3n) is 2.80. The Morgan fingerprint density at radius 1 is 1.12 bits per heavy atom. The van der Waals surface area contributed by atoms with Gasteiger partial charge in [0.1, 0.15) is 5.75 Å². The summed E-state index contributed by atoms with van der Waals surface area (Å²) < 4.78 is 5.35. The van der Waals surface area contributed by atoms with Gasteiger partial charge in [-0.1, -0.05) is 57.2 Å². The van der Waals surface area contributed by atoms with Crippen LogP contribution in [0.1, 0.15) is 50.7 Å². The van der Waals surface area contributed by atoms with Gasteiger partial charge in [-0.3, -0.25) is 0 Å². The molecule has 0 aliphatic carbocycles. The van der Waals surface area contributed by atoms with Crippen molar-refractivity contribution >= 4 is 0 Å². The predicted molar refractivity (Wildman–Crippen MR) is 70.2 cm³/mol. The molecule has 1 heteroatoms. The van der Waals surface area contributed by atoms with Gasteiger partial charge in [-0.25, -0.2) is 0 Å². The highest BCUT2D eigenvalue weighted by Gasteiger charge is 2.09. The normalized spacial score (nSPS) is 12.4. The zero-order valence-corrected chi connectivity index (χ0v) is 10.9. The lowest BCUT2D eigenvalue weighted by Gasteiger charge is -1.97. The average Bonchev–Trinajstić information content (AvgIpc) is 2.74. The van der Waals surface area contributed by atoms with Crippen molar-refractivity contribution in [1.82, 2.24) is 0 Å². The van der Waals surface area contributed by atoms with Crippen molar-refractivity contribution in [2.45, 2.75) is 52.9 Å². The molecule has 1 aromatic carbocycles. The fourth-order valence-corrected chi connectivity index (χ4v) is 1.82. The molecule has 0 radical (unpaired) electrons. The van der Waals surface area contributed by atoms with Crippen LogP contribution in [0.5, 0.6) is 5.75 Å². The fraction of sp³-hybridized carbons (Fsp3) is 0.600. The molecule has 90 valence electrons. The van der Waals surface area contributed by atoms with E-state index in [-0.39, 0.29) is 0 Å². The molecule has 2 rings (SSSR count). The first-order valence-electron chi connectivity index (χ1n) is 6.50. The van der Waals surface area contributed by atoms with Gasteiger partial charge in [-0.05, 0) is 18.6 Å². The van der Waals surface area contributed by atoms with Crippen molar-refractivity contribution in [3.63, 3.8) is 0 Å². The summed E-state index contributed by atoms with van der Waals surface area (Å²) in [5.41, 5.74) is 2.68. The Bertz CT molecular complexity index is 300. The highest BCUT2D eigenvalue weighted by molar-refractivity contribution is 5.39. The summed E-state index contributed by atoms with van der Waals surface area (Å²) in [5, 5.41) is 0. The lowest BCUT2D eigenvalue weighted by atomic mass is 10.1. The number of fused-ring (bicyclic) bond motifs is 1. The molecule has 1 heterocycles. The largest absolute Gasteiger partial charge is 0.493 e. The molecule has 0 fully saturated rings. The summed E-state index contributed by atoms with van der Waals surface area (Å²) in [6.07, 6.45) is 6.62. The fourth-order valence-electron chi connectivity index (χ4n) is 1.82. The minimum Gasteiger partial charge on any atom is -0.493 e. The van der Waals surface area contributed by atoms with Crippen molar-refractivity contribution in [3.05, 3.63) is 29.3 Å². The first-order valence-corrected chi connectivity index (χ1v) is 6.50. The second kappa shape index (κ2) is 7.32. The quantitative estimate of drug-likeness (QED) is 0.681. The van der Waals surface area contributed by atoms with Crippen LogP contribution in [0, 0.1) is 6.92 Å². The molecule has 0 saturated carbocycles. The molecule has 0 amide bonds. The van der Waals surface area contributed by atoms with Crippen LogP contribution in [0.3, 0.4) is 0 Å². The van der Waals surface area contributed by atoms with Crippen molar-refractivity contribution in [3.8, 4) is 5.75 Å². The standard InChI is InChI=1S/C9H10O.C6H14/c1-7-2-3-9-8(6-7)4-5-10-9;1-3-5-6-4-2/h2-3,6H,4-5H2,1H3;3-6H2,1-2H3. The molecule has 0 aromatic heterocycles. The maximum absolute atomic E-state index is 5.35. The van der Waals surface area contributed by atoms with Gasteiger partial charge in [-0.2, -0.15) is 0 Å². The number of rotatable bonds is 3. The summed E-state index contributed by atoms with van der Waals surface area (Å²) in [6.45, 7) is 7.43. The van der Waals surface area contributed by atoms with E-state index < -0.39 is 0 Å². The Labute approximate surface area is 99.8 Å². The number of benzene rings is 1. The van der Waals surface area contributed by atoms with Crippen LogP contribution in [0.4, 0.5) is 0 Å². The van der Waals surface area contributed by atoms with Crippen molar-refractivity contribution in [2.24, 2.45) is 0 Å². The van der Waals surface area contributed by atoms with E-state index in [1.54, 1.807) is 0 Å². The monoisotopic (exact) mass is 220 g/mol. The minimum absolute atomic E-state index is 0.860. The molecule has 0 spiro atoms. The van der Waals surface area contributed by atoms with Crippen molar-refractivity contribution in [1.29, 1.82) is 0 Å². The van der Waals surface area contributed by atoms with E-state index in [1.165, 1.54) is 36.8 Å². The highest BCUT2D eigenvalue weighted by Crippen LogP contribution is 2.25. The van der Waals surface area contributed by atoms with Crippen LogP contribution in [-0.4, -0.2) is 6.61 Å². The zero-order valence-electron chi connectivity index (χ0n) is 10.9. The van der Waals surface area contributed by atoms with Crippen LogP contribution in [0.2, 0.25) is 0 Å². The SMILES string of the molecule is CCCCCC.Cc1ccc2c(c1)CCO2. The lowest BCUT2D eigenvalue weighted by molar-refractivity contribution is 0.357. The maximum Gasteiger partial charge on any atom is 0.122 e. The van der Waals surface area contributed by atoms with Gasteiger partial charge in [0, 0.05) is 6.42 Å². The number of ether oxygens (including phenoxy) is 1. The molecule has 1 aliphatic heterocycles. The molecule has 0 atom stereocenters. The van der Waals surface area contributed by atoms with Gasteiger partial charge in [-0.15, -0.1) is 0 Å². The third kappa shape index (κ3) is 4.26. The summed E-state index contributed by atoms with van der Waals surface area (Å²) in [4.78, 5) is 0. The molecule has 16 heavy (non-hydrogen) atoms. The smallest absolute Gasteiger partial charge is 0.122 e. The topological polar surface area (TPSA) is 9.23 Å². The first kappa shape index (κ1) is 13.1. The van der Waals surface area contributed by atoms with E-state index in [9.17, 15) is 0 Å². The van der Waals surface area contributed by atoms with Crippen LogP contribution >= 0.6 is 0 Å². The summed E-state index contributed by atoms with van der Waals surface area (Å²) in [6, 6.07) is 6.34. The molecule has 0 bridgehead atoms. The Morgan fingerprint density at radius 2 is 1.81 bits per heavy atom. The molecule has 0 N–H and O–H groups in total. The molecular formula is C15H24O. The minimum atomic E-state index is 0.860. The van der Waals surface area contributed by atoms with Crippen molar-refractivity contribution < 1.29 is 4.74 Å². The van der Waals surface area contributed by atoms with E-state index in [0.29, 0.717) is 0 Å². The lowest BCUT2D eigenvalue weighted by Crippen LogP contribution is -1.85. The van der Waals surface area contributed by atoms with E-state index in [1.807, 2.05) is 0 Å². The molecule has 1 aliphatic rings. The van der Waals surface area contributed by atoms with E-state index >= 15 is 0 Å². The van der Waals surface area contributed by atoms with Gasteiger partial charge < -0.3 is 4.74 Å². The molecule has 1 aromatic rings. The van der Waals surface area contributed by atoms with Crippen LogP contribution in [-0.2, 0) is 6.42 Å². The number of hydrogen-bond donors (Lipinski definition) is 0. The number of aryl methyl sites for hydroxylation is 1. The van der Waals surface area contributed by atoms with Gasteiger partial charge in [0.2, 0.25) is 0 Å². The zero-order chi connectivity index (χ0) is 11.8. The Kier molecular flexibility index (Phi) is 5.99. The Balaban J connectivity index is 0.000000187. The first-order chi connectivity index (χ1) is 7.77. The van der Waals surface area contributed by atoms with Crippen LogP contribution in [0.15, 0.2) is 18.2 Å². The second-order valence-corrected chi connectivity index (χ2v) is 4.42. The number of hydrogen-bond acceptors (Lipinski definition) is 1. The van der Waals surface area contributed by atoms with E-state index in [0.717, 1.165) is 18.8 Å². The maximum atomic E-state index is 5.35. The Morgan fingerprint density at radius 3 is 2.44 bits per heavy atom. The van der Waals surface area contributed by atoms with Crippen molar-refractivity contribution in [2.75, 3.05) is 6.61 Å². The molecule has 1 nitrogen and oxygen atoms in total. The third-order valence-corrected chi connectivity index (χ3v) is 2.80. The highest BCUT2D eigenvalue weighted by atomic mass is 16.5. The van der Waals surface area contributed by atoms with Gasteiger partial charge in [0.05, 0.1) is 6.61 Å². The summed E-state index contributed by atoms with van der Waals surface area (Å²) in [5.74, 6) is 1.07. The number of unbranched alkanes of at least 4 members (excludes halogenated alkanes) is 3. The molecule has 0 unspecified atom stereocenters. The summed E-state index contributed by atoms with van der Waals surface area (Å²) in [7, 11) is 0. The van der Waals surface area contributed by atoms with Crippen LogP contribution in [0.25, 0.3) is 0 Å². The second-order valence-electron chi connectivity index (χ2n) is 4.42. The summed E-state index contributed by atoms with van der Waals surface area (Å²) >= 11 is 0. The van der Waals surface area contributed by atoms with Crippen LogP contribution < -0.4 is 4.74 Å². The Hall–Kier alpha value is -0.980. The molecule has 0 saturated heterocycles. The van der Waals surface area contributed by atoms with Gasteiger partial charge >= 0.3 is 0 Å². The average molecular weight is 220 g/mol. The van der Waals surface area contributed by atoms with Gasteiger partial charge in [0.15, 0.2) is 0 Å². The predicted octanol–water partition coefficient (Wildman–Crippen LogP) is 4.52.